The molecule has 0 fully saturated rings. The summed E-state index contributed by atoms with van der Waals surface area (Å²) in [5.74, 6) is 0. The number of halogens is 1. The van der Waals surface area contributed by atoms with Crippen molar-refractivity contribution in [2.45, 2.75) is 49.7 Å². The van der Waals surface area contributed by atoms with Gasteiger partial charge in [-0.1, -0.05) is 66.2 Å². The zero-order valence-electron chi connectivity index (χ0n) is 24.0. The van der Waals surface area contributed by atoms with Gasteiger partial charge in [0, 0.05) is 36.4 Å². The molecule has 0 saturated carbocycles. The first-order valence-corrected chi connectivity index (χ1v) is 16.0. The number of nitrogens with one attached hydrogen (secondary N) is 3. The SMILES string of the molecule is CC(CC(Cc1cccc(Cl)c1)(NC(Cc1ccc(C#N)cc1)c1cnc[nH]1)S(C)(=O)=O)NC(=O)OCc1ccccc1. The summed E-state index contributed by atoms with van der Waals surface area (Å²) in [6.07, 6.45) is 4.24. The van der Waals surface area contributed by atoms with E-state index in [1.165, 1.54) is 12.6 Å². The second-order valence-corrected chi connectivity index (χ2v) is 13.4. The van der Waals surface area contributed by atoms with E-state index in [4.69, 9.17) is 16.3 Å². The number of nitriles is 1. The third kappa shape index (κ3) is 8.91. The van der Waals surface area contributed by atoms with Gasteiger partial charge in [0.2, 0.25) is 0 Å². The average molecular weight is 620 g/mol. The minimum Gasteiger partial charge on any atom is -0.445 e. The van der Waals surface area contributed by atoms with Crippen LogP contribution in [0, 0.1) is 11.3 Å². The summed E-state index contributed by atoms with van der Waals surface area (Å²) in [5, 5.41) is 16.0. The summed E-state index contributed by atoms with van der Waals surface area (Å²) in [6, 6.07) is 24.5. The lowest BCUT2D eigenvalue weighted by atomic mass is 9.95. The van der Waals surface area contributed by atoms with Gasteiger partial charge in [-0.15, -0.1) is 0 Å². The van der Waals surface area contributed by atoms with Gasteiger partial charge in [-0.25, -0.2) is 18.2 Å². The predicted octanol–water partition coefficient (Wildman–Crippen LogP) is 5.50. The number of imidazole rings is 1. The number of carbonyl (C=O) groups excluding carboxylic acids is 1. The van der Waals surface area contributed by atoms with Crippen molar-refractivity contribution in [2.75, 3.05) is 6.26 Å². The number of sulfone groups is 1. The van der Waals surface area contributed by atoms with Crippen LogP contribution < -0.4 is 10.6 Å². The van der Waals surface area contributed by atoms with E-state index in [1.807, 2.05) is 48.5 Å². The second kappa shape index (κ2) is 14.3. The number of rotatable bonds is 13. The van der Waals surface area contributed by atoms with Gasteiger partial charge in [0.15, 0.2) is 9.84 Å². The number of benzene rings is 3. The molecule has 9 nitrogen and oxygen atoms in total. The summed E-state index contributed by atoms with van der Waals surface area (Å²) in [4.78, 5) is 18.5. The number of hydrogen-bond acceptors (Lipinski definition) is 7. The molecular formula is C32H34ClN5O4S. The van der Waals surface area contributed by atoms with E-state index in [-0.39, 0.29) is 19.4 Å². The number of aromatic nitrogens is 2. The van der Waals surface area contributed by atoms with Crippen molar-refractivity contribution >= 4 is 27.5 Å². The first-order valence-electron chi connectivity index (χ1n) is 13.7. The third-order valence-electron chi connectivity index (χ3n) is 7.16. The molecule has 1 aromatic heterocycles. The Morgan fingerprint density at radius 3 is 2.42 bits per heavy atom. The summed E-state index contributed by atoms with van der Waals surface area (Å²) < 4.78 is 33.0. The molecule has 1 heterocycles. The summed E-state index contributed by atoms with van der Waals surface area (Å²) >= 11 is 6.29. The van der Waals surface area contributed by atoms with Crippen LogP contribution in [0.3, 0.4) is 0 Å². The molecule has 0 aliphatic heterocycles. The van der Waals surface area contributed by atoms with Crippen LogP contribution in [0.2, 0.25) is 5.02 Å². The molecule has 3 atom stereocenters. The Labute approximate surface area is 257 Å². The number of amides is 1. The molecule has 3 unspecified atom stereocenters. The highest BCUT2D eigenvalue weighted by atomic mass is 35.5. The van der Waals surface area contributed by atoms with Crippen molar-refractivity contribution in [3.63, 3.8) is 0 Å². The Morgan fingerprint density at radius 1 is 1.07 bits per heavy atom. The van der Waals surface area contributed by atoms with Crippen LogP contribution in [-0.4, -0.2) is 41.6 Å². The van der Waals surface area contributed by atoms with E-state index in [0.29, 0.717) is 28.3 Å². The molecule has 3 aromatic carbocycles. The molecule has 3 N–H and O–H groups in total. The van der Waals surface area contributed by atoms with Gasteiger partial charge in [0.1, 0.15) is 11.5 Å². The summed E-state index contributed by atoms with van der Waals surface area (Å²) in [7, 11) is -3.84. The van der Waals surface area contributed by atoms with Crippen molar-refractivity contribution in [1.29, 1.82) is 5.26 Å². The Kier molecular flexibility index (Phi) is 10.6. The molecule has 0 bridgehead atoms. The van der Waals surface area contributed by atoms with Crippen LogP contribution in [-0.2, 0) is 34.0 Å². The first-order chi connectivity index (χ1) is 20.6. The van der Waals surface area contributed by atoms with E-state index in [1.54, 1.807) is 43.5 Å². The predicted molar refractivity (Wildman–Crippen MR) is 166 cm³/mol. The quantitative estimate of drug-likeness (QED) is 0.180. The highest BCUT2D eigenvalue weighted by Gasteiger charge is 2.44. The molecule has 1 amide bonds. The maximum atomic E-state index is 13.8. The molecule has 4 rings (SSSR count). The molecule has 0 aliphatic carbocycles. The number of hydrogen-bond donors (Lipinski definition) is 3. The van der Waals surface area contributed by atoms with Gasteiger partial charge < -0.3 is 15.0 Å². The van der Waals surface area contributed by atoms with Crippen LogP contribution in [0.15, 0.2) is 91.4 Å². The maximum Gasteiger partial charge on any atom is 0.407 e. The standard InChI is InChI=1S/C32H34ClN5O4S/c1-23(37-31(39)42-21-26-7-4-3-5-8-26)17-32(43(2,40)41,18-27-9-6-10-28(33)15-27)38-29(30-20-35-22-36-30)16-24-11-13-25(19-34)14-12-24/h3-15,20,22-23,29,38H,16-18,21H2,1-2H3,(H,35,36)(H,37,39). The smallest absolute Gasteiger partial charge is 0.407 e. The van der Waals surface area contributed by atoms with Crippen molar-refractivity contribution < 1.29 is 17.9 Å². The fourth-order valence-corrected chi connectivity index (χ4v) is 6.58. The van der Waals surface area contributed by atoms with Crippen molar-refractivity contribution in [3.05, 3.63) is 124 Å². The fraction of sp³-hybridized carbons (Fsp3) is 0.281. The number of carbonyl (C=O) groups is 1. The topological polar surface area (TPSA) is 137 Å². The number of aromatic amines is 1. The van der Waals surface area contributed by atoms with Gasteiger partial charge in [-0.3, -0.25) is 5.32 Å². The number of alkyl carbamates (subject to hydrolysis) is 1. The van der Waals surface area contributed by atoms with E-state index in [0.717, 1.165) is 11.1 Å². The van der Waals surface area contributed by atoms with E-state index >= 15 is 0 Å². The van der Waals surface area contributed by atoms with Crippen molar-refractivity contribution in [3.8, 4) is 6.07 Å². The first kappa shape index (κ1) is 31.8. The molecule has 4 aromatic rings. The lowest BCUT2D eigenvalue weighted by Crippen LogP contribution is -2.58. The van der Waals surface area contributed by atoms with Crippen LogP contribution >= 0.6 is 11.6 Å². The lowest BCUT2D eigenvalue weighted by Gasteiger charge is -2.39. The normalized spacial score (nSPS) is 14.2. The van der Waals surface area contributed by atoms with Gasteiger partial charge in [0.25, 0.3) is 0 Å². The molecule has 0 saturated heterocycles. The maximum absolute atomic E-state index is 13.8. The average Bonchev–Trinajstić information content (AvgIpc) is 3.51. The summed E-state index contributed by atoms with van der Waals surface area (Å²) in [5.41, 5.74) is 3.66. The largest absolute Gasteiger partial charge is 0.445 e. The van der Waals surface area contributed by atoms with Crippen LogP contribution in [0.1, 0.15) is 47.3 Å². The monoisotopic (exact) mass is 619 g/mol. The Morgan fingerprint density at radius 2 is 1.79 bits per heavy atom. The van der Waals surface area contributed by atoms with Crippen LogP contribution in [0.4, 0.5) is 4.79 Å². The molecule has 0 aliphatic rings. The van der Waals surface area contributed by atoms with Crippen molar-refractivity contribution in [1.82, 2.24) is 20.6 Å². The molecule has 224 valence electrons. The molecule has 43 heavy (non-hydrogen) atoms. The minimum atomic E-state index is -3.84. The fourth-order valence-electron chi connectivity index (χ4n) is 5.02. The molecule has 0 spiro atoms. The summed E-state index contributed by atoms with van der Waals surface area (Å²) in [6.45, 7) is 1.83. The van der Waals surface area contributed by atoms with Crippen molar-refractivity contribution in [2.24, 2.45) is 0 Å². The molecule has 0 radical (unpaired) electrons. The second-order valence-electron chi connectivity index (χ2n) is 10.6. The minimum absolute atomic E-state index is 0.0246. The zero-order valence-corrected chi connectivity index (χ0v) is 25.5. The van der Waals surface area contributed by atoms with Gasteiger partial charge in [-0.05, 0) is 54.3 Å². The lowest BCUT2D eigenvalue weighted by molar-refractivity contribution is 0.134. The van der Waals surface area contributed by atoms with Crippen LogP contribution in [0.25, 0.3) is 0 Å². The Hall–Kier alpha value is -4.17. The van der Waals surface area contributed by atoms with Gasteiger partial charge in [-0.2, -0.15) is 5.26 Å². The van der Waals surface area contributed by atoms with E-state index in [2.05, 4.69) is 26.7 Å². The van der Waals surface area contributed by atoms with E-state index < -0.39 is 32.9 Å². The molecule has 11 heteroatoms. The zero-order chi connectivity index (χ0) is 30.9. The van der Waals surface area contributed by atoms with Gasteiger partial charge >= 0.3 is 6.09 Å². The van der Waals surface area contributed by atoms with Crippen LogP contribution in [0.5, 0.6) is 0 Å². The number of H-pyrrole nitrogens is 1. The van der Waals surface area contributed by atoms with E-state index in [9.17, 15) is 18.5 Å². The highest BCUT2D eigenvalue weighted by molar-refractivity contribution is 7.92. The number of ether oxygens (including phenoxy) is 1. The van der Waals surface area contributed by atoms with Gasteiger partial charge in [0.05, 0.1) is 29.7 Å². The Balaban J connectivity index is 1.65. The highest BCUT2D eigenvalue weighted by Crippen LogP contribution is 2.31. The number of nitrogens with zero attached hydrogens (tertiary/aromatic N) is 2. The molecular weight excluding hydrogens is 586 g/mol. The Bertz CT molecular complexity index is 1640. The third-order valence-corrected chi connectivity index (χ3v) is 9.24.